The zero-order valence-electron chi connectivity index (χ0n) is 14.3. The molecule has 0 radical (unpaired) electrons. The molecule has 2 fully saturated rings. The van der Waals surface area contributed by atoms with Crippen LogP contribution in [0.3, 0.4) is 0 Å². The second kappa shape index (κ2) is 6.57. The van der Waals surface area contributed by atoms with Crippen LogP contribution in [0.5, 0.6) is 5.75 Å². The number of carbonyl (C=O) groups excluding carboxylic acids is 1. The third-order valence-corrected chi connectivity index (χ3v) is 5.78. The van der Waals surface area contributed by atoms with Crippen molar-refractivity contribution in [3.8, 4) is 5.75 Å². The van der Waals surface area contributed by atoms with Gasteiger partial charge in [0.15, 0.2) is 11.6 Å². The van der Waals surface area contributed by atoms with E-state index in [1.165, 1.54) is 13.3 Å². The van der Waals surface area contributed by atoms with E-state index in [4.69, 9.17) is 4.74 Å². The molecule has 0 N–H and O–H groups in total. The molecule has 1 aromatic heterocycles. The zero-order chi connectivity index (χ0) is 18.4. The van der Waals surface area contributed by atoms with E-state index in [9.17, 15) is 18.4 Å². The predicted octanol–water partition coefficient (Wildman–Crippen LogP) is 2.81. The highest BCUT2D eigenvalue weighted by Crippen LogP contribution is 2.40. The zero-order valence-corrected chi connectivity index (χ0v) is 15.1. The van der Waals surface area contributed by atoms with Gasteiger partial charge in [-0.1, -0.05) is 0 Å². The summed E-state index contributed by atoms with van der Waals surface area (Å²) in [6.45, 7) is 1.15. The fraction of sp³-hybridized carbons (Fsp3) is 0.444. The van der Waals surface area contributed by atoms with Crippen molar-refractivity contribution < 1.29 is 18.3 Å². The van der Waals surface area contributed by atoms with Gasteiger partial charge < -0.3 is 14.2 Å². The summed E-state index contributed by atoms with van der Waals surface area (Å²) in [5.41, 5.74) is -0.369. The summed E-state index contributed by atoms with van der Waals surface area (Å²) in [4.78, 5) is 27.4. The standard InChI is InChI=1S/C18H18F2N2O3S/c1-25-17-14(20)13(19)8-11-15(17)22(10-2-3-10)9-12(16(11)23)18(24)21-4-6-26-7-5-21/h8-10H,2-7H2,1H3. The number of hydrogen-bond donors (Lipinski definition) is 0. The molecule has 0 atom stereocenters. The molecule has 0 spiro atoms. The Bertz CT molecular complexity index is 950. The number of amides is 1. The summed E-state index contributed by atoms with van der Waals surface area (Å²) < 4.78 is 35.0. The summed E-state index contributed by atoms with van der Waals surface area (Å²) in [5.74, 6) is -1.28. The molecule has 4 rings (SSSR count). The first-order valence-electron chi connectivity index (χ1n) is 8.50. The Morgan fingerprint density at radius 1 is 1.27 bits per heavy atom. The van der Waals surface area contributed by atoms with E-state index in [-0.39, 0.29) is 34.2 Å². The maximum absolute atomic E-state index is 14.2. The third-order valence-electron chi connectivity index (χ3n) is 4.84. The minimum Gasteiger partial charge on any atom is -0.491 e. The lowest BCUT2D eigenvalue weighted by Gasteiger charge is -2.26. The smallest absolute Gasteiger partial charge is 0.259 e. The average Bonchev–Trinajstić information content (AvgIpc) is 3.49. The number of fused-ring (bicyclic) bond motifs is 1. The minimum atomic E-state index is -1.16. The van der Waals surface area contributed by atoms with Crippen molar-refractivity contribution in [2.45, 2.75) is 18.9 Å². The van der Waals surface area contributed by atoms with Gasteiger partial charge in [-0.2, -0.15) is 16.2 Å². The van der Waals surface area contributed by atoms with Gasteiger partial charge in [-0.3, -0.25) is 9.59 Å². The van der Waals surface area contributed by atoms with Gasteiger partial charge in [-0.15, -0.1) is 0 Å². The van der Waals surface area contributed by atoms with Crippen LogP contribution in [0.25, 0.3) is 10.9 Å². The Balaban J connectivity index is 1.96. The molecule has 0 unspecified atom stereocenters. The third kappa shape index (κ3) is 2.76. The molecule has 8 heteroatoms. The van der Waals surface area contributed by atoms with Crippen molar-refractivity contribution in [3.63, 3.8) is 0 Å². The molecule has 2 aliphatic rings. The van der Waals surface area contributed by atoms with Crippen LogP contribution < -0.4 is 10.2 Å². The maximum Gasteiger partial charge on any atom is 0.259 e. The van der Waals surface area contributed by atoms with Crippen molar-refractivity contribution in [1.82, 2.24) is 9.47 Å². The van der Waals surface area contributed by atoms with E-state index in [0.717, 1.165) is 30.4 Å². The van der Waals surface area contributed by atoms with Crippen LogP contribution in [0, 0.1) is 11.6 Å². The van der Waals surface area contributed by atoms with Crippen LogP contribution >= 0.6 is 11.8 Å². The monoisotopic (exact) mass is 380 g/mol. The van der Waals surface area contributed by atoms with E-state index in [1.54, 1.807) is 21.2 Å². The summed E-state index contributed by atoms with van der Waals surface area (Å²) in [6, 6.07) is 0.928. The average molecular weight is 380 g/mol. The van der Waals surface area contributed by atoms with Crippen LogP contribution in [0.4, 0.5) is 8.78 Å². The van der Waals surface area contributed by atoms with Crippen LogP contribution in [0.15, 0.2) is 17.1 Å². The first-order valence-corrected chi connectivity index (χ1v) is 9.66. The van der Waals surface area contributed by atoms with Crippen molar-refractivity contribution >= 4 is 28.6 Å². The Hall–Kier alpha value is -2.09. The van der Waals surface area contributed by atoms with E-state index in [2.05, 4.69) is 0 Å². The number of thioether (sulfide) groups is 1. The number of carbonyl (C=O) groups is 1. The molecule has 1 aliphatic heterocycles. The number of hydrogen-bond acceptors (Lipinski definition) is 4. The van der Waals surface area contributed by atoms with Gasteiger partial charge in [0.25, 0.3) is 5.91 Å². The Morgan fingerprint density at radius 2 is 1.96 bits per heavy atom. The van der Waals surface area contributed by atoms with Crippen LogP contribution in [-0.2, 0) is 0 Å². The van der Waals surface area contributed by atoms with Gasteiger partial charge in [0.05, 0.1) is 18.0 Å². The second-order valence-corrected chi connectivity index (χ2v) is 7.74. The van der Waals surface area contributed by atoms with Crippen LogP contribution in [0.1, 0.15) is 29.2 Å². The highest BCUT2D eigenvalue weighted by molar-refractivity contribution is 7.99. The number of halogens is 2. The summed E-state index contributed by atoms with van der Waals surface area (Å²) >= 11 is 1.76. The summed E-state index contributed by atoms with van der Waals surface area (Å²) in [7, 11) is 1.24. The van der Waals surface area contributed by atoms with Gasteiger partial charge in [0.1, 0.15) is 5.56 Å². The molecule has 1 amide bonds. The Kier molecular flexibility index (Phi) is 4.38. The fourth-order valence-corrected chi connectivity index (χ4v) is 4.25. The van der Waals surface area contributed by atoms with Crippen molar-refractivity contribution in [2.75, 3.05) is 31.7 Å². The fourth-order valence-electron chi connectivity index (χ4n) is 3.35. The quantitative estimate of drug-likeness (QED) is 0.822. The number of benzene rings is 1. The topological polar surface area (TPSA) is 51.5 Å². The van der Waals surface area contributed by atoms with Crippen molar-refractivity contribution in [2.24, 2.45) is 0 Å². The Morgan fingerprint density at radius 3 is 2.58 bits per heavy atom. The van der Waals surface area contributed by atoms with E-state index < -0.39 is 17.1 Å². The molecule has 1 saturated heterocycles. The maximum atomic E-state index is 14.2. The van der Waals surface area contributed by atoms with E-state index in [0.29, 0.717) is 13.1 Å². The number of pyridine rings is 1. The highest BCUT2D eigenvalue weighted by Gasteiger charge is 2.31. The van der Waals surface area contributed by atoms with Gasteiger partial charge in [-0.25, -0.2) is 4.39 Å². The predicted molar refractivity (Wildman–Crippen MR) is 96.2 cm³/mol. The molecule has 26 heavy (non-hydrogen) atoms. The van der Waals surface area contributed by atoms with Crippen LogP contribution in [0.2, 0.25) is 0 Å². The van der Waals surface area contributed by atoms with E-state index in [1.807, 2.05) is 0 Å². The SMILES string of the molecule is COc1c(F)c(F)cc2c(=O)c(C(=O)N3CCSCC3)cn(C3CC3)c12. The molecular weight excluding hydrogens is 362 g/mol. The molecule has 138 valence electrons. The summed E-state index contributed by atoms with van der Waals surface area (Å²) in [6.07, 6.45) is 3.20. The molecular formula is C18H18F2N2O3S. The molecule has 1 saturated carbocycles. The van der Waals surface area contributed by atoms with Gasteiger partial charge in [-0.05, 0) is 18.9 Å². The van der Waals surface area contributed by atoms with Gasteiger partial charge in [0, 0.05) is 36.8 Å². The van der Waals surface area contributed by atoms with Crippen molar-refractivity contribution in [1.29, 1.82) is 0 Å². The van der Waals surface area contributed by atoms with Crippen LogP contribution in [-0.4, -0.2) is 47.1 Å². The molecule has 2 heterocycles. The van der Waals surface area contributed by atoms with Crippen molar-refractivity contribution in [3.05, 3.63) is 39.7 Å². The molecule has 1 aliphatic carbocycles. The number of rotatable bonds is 3. The lowest BCUT2D eigenvalue weighted by Crippen LogP contribution is -2.40. The minimum absolute atomic E-state index is 0.00404. The number of nitrogens with zero attached hydrogens (tertiary/aromatic N) is 2. The highest BCUT2D eigenvalue weighted by atomic mass is 32.2. The largest absolute Gasteiger partial charge is 0.491 e. The molecule has 1 aromatic carbocycles. The van der Waals surface area contributed by atoms with E-state index >= 15 is 0 Å². The first-order chi connectivity index (χ1) is 12.5. The molecule has 2 aromatic rings. The Labute approximate surface area is 152 Å². The normalized spacial score (nSPS) is 17.6. The van der Waals surface area contributed by atoms with Gasteiger partial charge in [0.2, 0.25) is 11.2 Å². The summed E-state index contributed by atoms with van der Waals surface area (Å²) in [5, 5.41) is -0.0233. The molecule has 5 nitrogen and oxygen atoms in total. The number of ether oxygens (including phenoxy) is 1. The van der Waals surface area contributed by atoms with Gasteiger partial charge >= 0.3 is 0 Å². The second-order valence-electron chi connectivity index (χ2n) is 6.52. The number of methoxy groups -OCH3 is 1. The lowest BCUT2D eigenvalue weighted by atomic mass is 10.1. The lowest BCUT2D eigenvalue weighted by molar-refractivity contribution is 0.0770. The first kappa shape index (κ1) is 17.3. The number of aromatic nitrogens is 1. The molecule has 0 bridgehead atoms.